The van der Waals surface area contributed by atoms with Gasteiger partial charge in [0, 0.05) is 25.2 Å². The molecule has 1 aliphatic rings. The molecule has 3 aromatic carbocycles. The van der Waals surface area contributed by atoms with Crippen molar-refractivity contribution in [2.24, 2.45) is 11.0 Å². The van der Waals surface area contributed by atoms with Crippen molar-refractivity contribution >= 4 is 35.3 Å². The molecule has 3 aromatic rings. The van der Waals surface area contributed by atoms with Crippen LogP contribution in [0.4, 0.5) is 18.9 Å². The molecule has 1 saturated carbocycles. The van der Waals surface area contributed by atoms with E-state index in [4.69, 9.17) is 16.3 Å². The van der Waals surface area contributed by atoms with E-state index in [0.717, 1.165) is 75.8 Å². The molecule has 8 nitrogen and oxygen atoms in total. The third kappa shape index (κ3) is 11.6. The van der Waals surface area contributed by atoms with Crippen LogP contribution >= 0.6 is 11.6 Å². The number of benzene rings is 3. The number of nitrogens with zero attached hydrogens (tertiary/aromatic N) is 3. The van der Waals surface area contributed by atoms with Crippen LogP contribution in [0.2, 0.25) is 5.02 Å². The summed E-state index contributed by atoms with van der Waals surface area (Å²) in [6.07, 6.45) is 2.17. The molecule has 49 heavy (non-hydrogen) atoms. The van der Waals surface area contributed by atoms with E-state index in [2.05, 4.69) is 39.5 Å². The highest BCUT2D eigenvalue weighted by molar-refractivity contribution is 6.31. The van der Waals surface area contributed by atoms with Gasteiger partial charge >= 0.3 is 6.18 Å². The number of hydrogen-bond acceptors (Lipinski definition) is 6. The monoisotopic (exact) mass is 699 g/mol. The van der Waals surface area contributed by atoms with Crippen LogP contribution in [0.5, 0.6) is 5.75 Å². The van der Waals surface area contributed by atoms with Crippen LogP contribution in [-0.2, 0) is 12.7 Å². The zero-order valence-corrected chi connectivity index (χ0v) is 29.0. The Bertz CT molecular complexity index is 1590. The fourth-order valence-corrected chi connectivity index (χ4v) is 6.02. The van der Waals surface area contributed by atoms with Crippen LogP contribution < -0.4 is 15.5 Å². The number of hydrazone groups is 1. The maximum atomic E-state index is 13.4. The van der Waals surface area contributed by atoms with Gasteiger partial charge in [-0.1, -0.05) is 62.9 Å². The molecule has 264 valence electrons. The highest BCUT2D eigenvalue weighted by Crippen LogP contribution is 2.35. The van der Waals surface area contributed by atoms with Gasteiger partial charge in [0.15, 0.2) is 0 Å². The van der Waals surface area contributed by atoms with E-state index < -0.39 is 28.6 Å². The molecule has 0 heterocycles. The normalized spacial score (nSPS) is 14.1. The van der Waals surface area contributed by atoms with Crippen LogP contribution in [0.25, 0.3) is 0 Å². The second kappa shape index (κ2) is 18.2. The zero-order chi connectivity index (χ0) is 35.4. The van der Waals surface area contributed by atoms with Gasteiger partial charge in [-0.05, 0) is 92.5 Å². The molecule has 2 N–H and O–H groups in total. The molecule has 1 fully saturated rings. The maximum absolute atomic E-state index is 13.4. The van der Waals surface area contributed by atoms with Gasteiger partial charge in [-0.25, -0.2) is 5.43 Å². The highest BCUT2D eigenvalue weighted by Gasteiger charge is 2.33. The van der Waals surface area contributed by atoms with Gasteiger partial charge in [0.05, 0.1) is 34.7 Å². The molecule has 1 aliphatic carbocycles. The smallest absolute Gasteiger partial charge is 0.417 e. The van der Waals surface area contributed by atoms with Crippen LogP contribution in [0.1, 0.15) is 83.4 Å². The summed E-state index contributed by atoms with van der Waals surface area (Å²) in [6, 6.07) is 15.5. The molecule has 0 aromatic heterocycles. The van der Waals surface area contributed by atoms with Crippen molar-refractivity contribution in [1.82, 2.24) is 15.2 Å². The fraction of sp³-hybridized carbons (Fsp3) is 0.432. The first-order valence-corrected chi connectivity index (χ1v) is 17.1. The first-order valence-electron chi connectivity index (χ1n) is 16.7. The SMILES string of the molecule is CCN(CC)CCN(C)Cc1cccc(C(=O)Nc2ccc(OCC3CCCCC3)cc2C(=O)N/N=C\c2ccc(Cl)c(C(F)(F)F)c2)c1. The fourth-order valence-electron chi connectivity index (χ4n) is 5.79. The van der Waals surface area contributed by atoms with E-state index in [-0.39, 0.29) is 16.8 Å². The minimum Gasteiger partial charge on any atom is -0.493 e. The summed E-state index contributed by atoms with van der Waals surface area (Å²) in [5, 5.41) is 6.29. The number of rotatable bonds is 15. The molecule has 2 amide bonds. The van der Waals surface area contributed by atoms with Crippen molar-refractivity contribution < 1.29 is 27.5 Å². The first kappa shape index (κ1) is 37.9. The Balaban J connectivity index is 1.50. The van der Waals surface area contributed by atoms with Crippen molar-refractivity contribution in [3.63, 3.8) is 0 Å². The Labute approximate surface area is 291 Å². The Hall–Kier alpha value is -3.93. The first-order chi connectivity index (χ1) is 23.5. The van der Waals surface area contributed by atoms with E-state index in [0.29, 0.717) is 30.4 Å². The number of halogens is 4. The summed E-state index contributed by atoms with van der Waals surface area (Å²) >= 11 is 5.72. The topological polar surface area (TPSA) is 86.3 Å². The van der Waals surface area contributed by atoms with Crippen molar-refractivity contribution in [2.45, 2.75) is 58.7 Å². The van der Waals surface area contributed by atoms with E-state index >= 15 is 0 Å². The Morgan fingerprint density at radius 1 is 0.980 bits per heavy atom. The zero-order valence-electron chi connectivity index (χ0n) is 28.3. The second-order valence-corrected chi connectivity index (χ2v) is 12.8. The van der Waals surface area contributed by atoms with Crippen LogP contribution in [0, 0.1) is 5.92 Å². The number of carbonyl (C=O) groups excluding carboxylic acids is 2. The minimum atomic E-state index is -4.64. The molecule has 4 rings (SSSR count). The summed E-state index contributed by atoms with van der Waals surface area (Å²) in [7, 11) is 2.05. The lowest BCUT2D eigenvalue weighted by Gasteiger charge is -2.23. The maximum Gasteiger partial charge on any atom is 0.417 e. The Kier molecular flexibility index (Phi) is 14.0. The third-order valence-electron chi connectivity index (χ3n) is 8.70. The van der Waals surface area contributed by atoms with Gasteiger partial charge < -0.3 is 19.9 Å². The summed E-state index contributed by atoms with van der Waals surface area (Å²) in [5.74, 6) is -0.190. The molecule has 0 bridgehead atoms. The van der Waals surface area contributed by atoms with Crippen molar-refractivity contribution in [2.75, 3.05) is 45.2 Å². The van der Waals surface area contributed by atoms with Crippen molar-refractivity contribution in [3.05, 3.63) is 93.5 Å². The highest BCUT2D eigenvalue weighted by atomic mass is 35.5. The molecule has 0 aliphatic heterocycles. The quantitative estimate of drug-likeness (QED) is 0.124. The van der Waals surface area contributed by atoms with Crippen LogP contribution in [0.15, 0.2) is 65.8 Å². The predicted molar refractivity (Wildman–Crippen MR) is 189 cm³/mol. The lowest BCUT2D eigenvalue weighted by molar-refractivity contribution is -0.137. The lowest BCUT2D eigenvalue weighted by Crippen LogP contribution is -2.32. The minimum absolute atomic E-state index is 0.0889. The molecule has 0 spiro atoms. The van der Waals surface area contributed by atoms with Gasteiger partial charge in [0.1, 0.15) is 5.75 Å². The molecule has 0 saturated heterocycles. The molecule has 12 heteroatoms. The average molecular weight is 700 g/mol. The Morgan fingerprint density at radius 3 is 2.45 bits per heavy atom. The van der Waals surface area contributed by atoms with Crippen LogP contribution in [-0.4, -0.2) is 67.7 Å². The summed E-state index contributed by atoms with van der Waals surface area (Å²) in [6.45, 7) is 9.28. The van der Waals surface area contributed by atoms with Crippen LogP contribution in [0.3, 0.4) is 0 Å². The second-order valence-electron chi connectivity index (χ2n) is 12.4. The number of likely N-dealkylation sites (N-methyl/N-ethyl adjacent to an activating group) is 2. The molecule has 0 radical (unpaired) electrons. The van der Waals surface area contributed by atoms with Gasteiger partial charge in [-0.3, -0.25) is 9.59 Å². The number of nitrogens with one attached hydrogen (secondary N) is 2. The predicted octanol–water partition coefficient (Wildman–Crippen LogP) is 8.11. The molecular formula is C37H45ClF3N5O3. The number of amides is 2. The van der Waals surface area contributed by atoms with E-state index in [1.165, 1.54) is 18.6 Å². The average Bonchev–Trinajstić information content (AvgIpc) is 3.09. The largest absolute Gasteiger partial charge is 0.493 e. The number of carbonyl (C=O) groups is 2. The van der Waals surface area contributed by atoms with E-state index in [1.807, 2.05) is 25.2 Å². The van der Waals surface area contributed by atoms with Gasteiger partial charge in [0.25, 0.3) is 11.8 Å². The lowest BCUT2D eigenvalue weighted by atomic mass is 9.90. The summed E-state index contributed by atoms with van der Waals surface area (Å²) < 4.78 is 46.0. The van der Waals surface area contributed by atoms with Gasteiger partial charge in [-0.15, -0.1) is 0 Å². The number of alkyl halides is 3. The third-order valence-corrected chi connectivity index (χ3v) is 9.03. The molecular weight excluding hydrogens is 655 g/mol. The number of anilines is 1. The molecule has 0 atom stereocenters. The summed E-state index contributed by atoms with van der Waals surface area (Å²) in [4.78, 5) is 31.4. The summed E-state index contributed by atoms with van der Waals surface area (Å²) in [5.41, 5.74) is 3.18. The van der Waals surface area contributed by atoms with E-state index in [1.54, 1.807) is 18.2 Å². The number of hydrogen-bond donors (Lipinski definition) is 2. The number of ether oxygens (including phenoxy) is 1. The van der Waals surface area contributed by atoms with Crippen molar-refractivity contribution in [1.29, 1.82) is 0 Å². The van der Waals surface area contributed by atoms with Crippen molar-refractivity contribution in [3.8, 4) is 5.75 Å². The van der Waals surface area contributed by atoms with E-state index in [9.17, 15) is 22.8 Å². The van der Waals surface area contributed by atoms with Gasteiger partial charge in [-0.2, -0.15) is 18.3 Å². The standard InChI is InChI=1S/C37H45ClF3N5O3/c1-4-46(5-2)19-18-45(3)24-28-12-9-13-29(20-28)35(47)43-34-17-15-30(49-25-26-10-7-6-8-11-26)22-31(34)36(48)44-42-23-27-14-16-33(38)32(21-27)37(39,40)41/h9,12-17,20-23,26H,4-8,10-11,18-19,24-25H2,1-3H3,(H,43,47)(H,44,48)/b42-23-. The Morgan fingerprint density at radius 2 is 1.73 bits per heavy atom. The van der Waals surface area contributed by atoms with Gasteiger partial charge in [0.2, 0.25) is 0 Å². The molecule has 0 unspecified atom stereocenters.